The third kappa shape index (κ3) is 2.32. The first-order chi connectivity index (χ1) is 9.20. The molecule has 3 rings (SSSR count). The van der Waals surface area contributed by atoms with Gasteiger partial charge >= 0.3 is 0 Å². The van der Waals surface area contributed by atoms with Crippen LogP contribution in [0.5, 0.6) is 0 Å². The fourth-order valence-corrected chi connectivity index (χ4v) is 4.10. The van der Waals surface area contributed by atoms with E-state index in [1.807, 2.05) is 0 Å². The molecule has 104 valence electrons. The first-order valence-electron chi connectivity index (χ1n) is 7.77. The summed E-state index contributed by atoms with van der Waals surface area (Å²) in [6.07, 6.45) is 5.26. The first-order valence-corrected chi connectivity index (χ1v) is 7.77. The summed E-state index contributed by atoms with van der Waals surface area (Å²) in [6, 6.07) is 10.2. The highest BCUT2D eigenvalue weighted by Crippen LogP contribution is 2.43. The van der Waals surface area contributed by atoms with Crippen molar-refractivity contribution in [2.75, 3.05) is 6.54 Å². The molecule has 2 heteroatoms. The fraction of sp³-hybridized carbons (Fsp3) is 0.647. The molecular weight excluding hydrogens is 232 g/mol. The highest BCUT2D eigenvalue weighted by atomic mass is 15.2. The topological polar surface area (TPSA) is 29.3 Å². The molecule has 4 unspecified atom stereocenters. The Bertz CT molecular complexity index is 443. The van der Waals surface area contributed by atoms with Crippen LogP contribution in [0.1, 0.15) is 49.8 Å². The van der Waals surface area contributed by atoms with Gasteiger partial charge in [-0.25, -0.2) is 0 Å². The predicted molar refractivity (Wildman–Crippen MR) is 80.0 cm³/mol. The number of piperidine rings is 1. The summed E-state index contributed by atoms with van der Waals surface area (Å²) in [5, 5.41) is 0. The number of rotatable bonds is 4. The molecule has 1 aromatic rings. The quantitative estimate of drug-likeness (QED) is 0.898. The molecule has 2 nitrogen and oxygen atoms in total. The molecule has 1 aliphatic heterocycles. The van der Waals surface area contributed by atoms with E-state index in [1.54, 1.807) is 0 Å². The average Bonchev–Trinajstić information content (AvgIpc) is 3.03. The predicted octanol–water partition coefficient (Wildman–Crippen LogP) is 3.26. The van der Waals surface area contributed by atoms with Gasteiger partial charge in [-0.05, 0) is 49.7 Å². The summed E-state index contributed by atoms with van der Waals surface area (Å²) in [5.74, 6) is 0.931. The Kier molecular flexibility index (Phi) is 3.64. The summed E-state index contributed by atoms with van der Waals surface area (Å²) in [5.41, 5.74) is 9.32. The Morgan fingerprint density at radius 1 is 1.32 bits per heavy atom. The van der Waals surface area contributed by atoms with Crippen molar-refractivity contribution in [2.45, 2.75) is 57.7 Å². The number of hydrogen-bond donors (Lipinski definition) is 1. The third-order valence-corrected chi connectivity index (χ3v) is 5.19. The van der Waals surface area contributed by atoms with Crippen molar-refractivity contribution >= 4 is 0 Å². The minimum absolute atomic E-state index is 0.250. The van der Waals surface area contributed by atoms with E-state index in [4.69, 9.17) is 5.73 Å². The first kappa shape index (κ1) is 13.1. The normalized spacial score (nSPS) is 29.6. The van der Waals surface area contributed by atoms with Gasteiger partial charge in [-0.2, -0.15) is 0 Å². The highest BCUT2D eigenvalue weighted by Gasteiger charge is 2.42. The number of aryl methyl sites for hydroxylation is 1. The van der Waals surface area contributed by atoms with Crippen LogP contribution in [-0.4, -0.2) is 23.5 Å². The molecule has 1 aromatic carbocycles. The molecule has 1 saturated carbocycles. The van der Waals surface area contributed by atoms with Crippen LogP contribution in [0.25, 0.3) is 0 Å². The fourth-order valence-electron chi connectivity index (χ4n) is 4.10. The van der Waals surface area contributed by atoms with E-state index in [1.165, 1.54) is 36.9 Å². The van der Waals surface area contributed by atoms with Crippen molar-refractivity contribution in [3.63, 3.8) is 0 Å². The van der Waals surface area contributed by atoms with E-state index < -0.39 is 0 Å². The van der Waals surface area contributed by atoms with Gasteiger partial charge in [0.25, 0.3) is 0 Å². The molecular formula is C17H26N2. The van der Waals surface area contributed by atoms with Crippen molar-refractivity contribution in [1.82, 2.24) is 4.90 Å². The standard InChI is InChI=1S/C17H26N2/c1-3-16(18)17(15-7-5-4-6-12(15)2)19-11-13-8-9-14(19)10-13/h4-7,13-14,16-17H,3,8-11,18H2,1-2H3. The van der Waals surface area contributed by atoms with Gasteiger partial charge in [-0.15, -0.1) is 0 Å². The van der Waals surface area contributed by atoms with Crippen molar-refractivity contribution in [2.24, 2.45) is 11.7 Å². The number of nitrogens with two attached hydrogens (primary N) is 1. The molecule has 0 amide bonds. The molecule has 4 atom stereocenters. The summed E-state index contributed by atoms with van der Waals surface area (Å²) in [7, 11) is 0. The van der Waals surface area contributed by atoms with Crippen molar-refractivity contribution in [3.8, 4) is 0 Å². The lowest BCUT2D eigenvalue weighted by Gasteiger charge is -2.39. The van der Waals surface area contributed by atoms with E-state index in [0.717, 1.165) is 18.4 Å². The van der Waals surface area contributed by atoms with Gasteiger partial charge in [0.15, 0.2) is 0 Å². The Hall–Kier alpha value is -0.860. The van der Waals surface area contributed by atoms with E-state index in [2.05, 4.69) is 43.0 Å². The van der Waals surface area contributed by atoms with Gasteiger partial charge in [0.2, 0.25) is 0 Å². The monoisotopic (exact) mass is 258 g/mol. The summed E-state index contributed by atoms with van der Waals surface area (Å²) >= 11 is 0. The summed E-state index contributed by atoms with van der Waals surface area (Å²) in [4.78, 5) is 2.71. The van der Waals surface area contributed by atoms with Crippen molar-refractivity contribution in [1.29, 1.82) is 0 Å². The minimum Gasteiger partial charge on any atom is -0.326 e. The minimum atomic E-state index is 0.250. The second-order valence-electron chi connectivity index (χ2n) is 6.40. The van der Waals surface area contributed by atoms with Gasteiger partial charge in [0.05, 0.1) is 6.04 Å². The number of fused-ring (bicyclic) bond motifs is 2. The zero-order valence-electron chi connectivity index (χ0n) is 12.2. The van der Waals surface area contributed by atoms with Gasteiger partial charge in [-0.1, -0.05) is 31.2 Å². The molecule has 2 aliphatic rings. The van der Waals surface area contributed by atoms with Gasteiger partial charge in [0.1, 0.15) is 0 Å². The zero-order chi connectivity index (χ0) is 13.4. The van der Waals surface area contributed by atoms with Crippen LogP contribution in [0.2, 0.25) is 0 Å². The SMILES string of the molecule is CCC(N)C(c1ccccc1C)N1CC2CCC1C2. The molecule has 1 heterocycles. The lowest BCUT2D eigenvalue weighted by molar-refractivity contribution is 0.127. The molecule has 1 saturated heterocycles. The van der Waals surface area contributed by atoms with Crippen LogP contribution >= 0.6 is 0 Å². The second-order valence-corrected chi connectivity index (χ2v) is 6.40. The Balaban J connectivity index is 1.92. The molecule has 0 spiro atoms. The van der Waals surface area contributed by atoms with E-state index in [-0.39, 0.29) is 6.04 Å². The van der Waals surface area contributed by atoms with E-state index >= 15 is 0 Å². The molecule has 0 aromatic heterocycles. The van der Waals surface area contributed by atoms with Crippen molar-refractivity contribution in [3.05, 3.63) is 35.4 Å². The summed E-state index contributed by atoms with van der Waals surface area (Å²) in [6.45, 7) is 5.70. The third-order valence-electron chi connectivity index (χ3n) is 5.19. The molecule has 1 aliphatic carbocycles. The highest BCUT2D eigenvalue weighted by molar-refractivity contribution is 5.30. The van der Waals surface area contributed by atoms with Gasteiger partial charge in [-0.3, -0.25) is 4.90 Å². The zero-order valence-corrected chi connectivity index (χ0v) is 12.2. The van der Waals surface area contributed by atoms with Crippen LogP contribution in [0.3, 0.4) is 0 Å². The Morgan fingerprint density at radius 3 is 2.68 bits per heavy atom. The number of nitrogens with zero attached hydrogens (tertiary/aromatic N) is 1. The second kappa shape index (κ2) is 5.26. The largest absolute Gasteiger partial charge is 0.326 e. The smallest absolute Gasteiger partial charge is 0.0504 e. The number of benzene rings is 1. The maximum atomic E-state index is 6.49. The lowest BCUT2D eigenvalue weighted by atomic mass is 9.91. The molecule has 2 bridgehead atoms. The van der Waals surface area contributed by atoms with Crippen LogP contribution in [0.4, 0.5) is 0 Å². The van der Waals surface area contributed by atoms with Crippen LogP contribution in [-0.2, 0) is 0 Å². The molecule has 19 heavy (non-hydrogen) atoms. The Morgan fingerprint density at radius 2 is 2.11 bits per heavy atom. The maximum Gasteiger partial charge on any atom is 0.0504 e. The van der Waals surface area contributed by atoms with E-state index in [9.17, 15) is 0 Å². The van der Waals surface area contributed by atoms with Crippen LogP contribution < -0.4 is 5.73 Å². The summed E-state index contributed by atoms with van der Waals surface area (Å²) < 4.78 is 0. The van der Waals surface area contributed by atoms with Gasteiger partial charge < -0.3 is 5.73 Å². The average molecular weight is 258 g/mol. The van der Waals surface area contributed by atoms with Crippen LogP contribution in [0, 0.1) is 12.8 Å². The molecule has 0 radical (unpaired) electrons. The molecule has 2 fully saturated rings. The van der Waals surface area contributed by atoms with Crippen molar-refractivity contribution < 1.29 is 0 Å². The van der Waals surface area contributed by atoms with E-state index in [0.29, 0.717) is 6.04 Å². The molecule has 2 N–H and O–H groups in total. The number of hydrogen-bond acceptors (Lipinski definition) is 2. The van der Waals surface area contributed by atoms with Crippen LogP contribution in [0.15, 0.2) is 24.3 Å². The number of likely N-dealkylation sites (tertiary alicyclic amines) is 1. The Labute approximate surface area is 117 Å². The van der Waals surface area contributed by atoms with Gasteiger partial charge in [0, 0.05) is 18.6 Å². The maximum absolute atomic E-state index is 6.49. The lowest BCUT2D eigenvalue weighted by Crippen LogP contribution is -2.44.